The van der Waals surface area contributed by atoms with Crippen LogP contribution in [0.5, 0.6) is 0 Å². The van der Waals surface area contributed by atoms with Gasteiger partial charge < -0.3 is 10.6 Å². The molecule has 0 fully saturated rings. The molecule has 146 valence electrons. The summed E-state index contributed by atoms with van der Waals surface area (Å²) in [6.45, 7) is 2.33. The number of quaternary nitrogens is 1. The lowest BCUT2D eigenvalue weighted by atomic mass is 10.1. The second-order valence-corrected chi connectivity index (χ2v) is 7.75. The summed E-state index contributed by atoms with van der Waals surface area (Å²) < 4.78 is 48.6. The van der Waals surface area contributed by atoms with E-state index in [4.69, 9.17) is 5.14 Å². The van der Waals surface area contributed by atoms with E-state index in [0.717, 1.165) is 17.7 Å². The predicted molar refractivity (Wildman–Crippen MR) is 96.1 cm³/mol. The second-order valence-electron chi connectivity index (χ2n) is 6.19. The van der Waals surface area contributed by atoms with Gasteiger partial charge in [0.05, 0.1) is 4.90 Å². The van der Waals surface area contributed by atoms with Crippen LogP contribution < -0.4 is 15.8 Å². The molecule has 1 atom stereocenters. The maximum atomic E-state index is 13.2. The molecule has 0 bridgehead atoms. The maximum Gasteiger partial charge on any atom is 0.275 e. The molecule has 0 radical (unpaired) electrons. The largest absolute Gasteiger partial charge is 0.351 e. The molecule has 2 rings (SSSR count). The SMILES string of the molecule is C[C@H]([NH2+]CC(=O)NCCc1ccc(S(N)(=O)=O)cc1)c1ccc(F)c(F)c1. The molecular formula is C18H22F2N3O3S+. The summed E-state index contributed by atoms with van der Waals surface area (Å²) >= 11 is 0. The maximum absolute atomic E-state index is 13.2. The van der Waals surface area contributed by atoms with E-state index in [1.807, 2.05) is 0 Å². The Morgan fingerprint density at radius 3 is 2.41 bits per heavy atom. The lowest BCUT2D eigenvalue weighted by Gasteiger charge is -2.11. The first-order chi connectivity index (χ1) is 12.7. The molecule has 2 aromatic carbocycles. The molecule has 0 saturated heterocycles. The molecule has 1 amide bonds. The highest BCUT2D eigenvalue weighted by atomic mass is 32.2. The van der Waals surface area contributed by atoms with Crippen LogP contribution in [-0.2, 0) is 21.2 Å². The summed E-state index contributed by atoms with van der Waals surface area (Å²) in [5.74, 6) is -2.00. The van der Waals surface area contributed by atoms with Crippen molar-refractivity contribution in [1.29, 1.82) is 0 Å². The van der Waals surface area contributed by atoms with E-state index in [2.05, 4.69) is 5.32 Å². The van der Waals surface area contributed by atoms with Crippen LogP contribution in [0, 0.1) is 11.6 Å². The number of amides is 1. The van der Waals surface area contributed by atoms with Crippen molar-refractivity contribution in [3.8, 4) is 0 Å². The highest BCUT2D eigenvalue weighted by molar-refractivity contribution is 7.89. The Morgan fingerprint density at radius 2 is 1.81 bits per heavy atom. The molecule has 0 unspecified atom stereocenters. The van der Waals surface area contributed by atoms with Crippen molar-refractivity contribution < 1.29 is 27.3 Å². The number of halogens is 2. The van der Waals surface area contributed by atoms with E-state index in [0.29, 0.717) is 18.5 Å². The third kappa shape index (κ3) is 6.38. The molecule has 5 N–H and O–H groups in total. The van der Waals surface area contributed by atoms with Crippen LogP contribution in [-0.4, -0.2) is 27.4 Å². The van der Waals surface area contributed by atoms with Gasteiger partial charge in [0.2, 0.25) is 10.0 Å². The van der Waals surface area contributed by atoms with Crippen molar-refractivity contribution in [2.24, 2.45) is 5.14 Å². The summed E-state index contributed by atoms with van der Waals surface area (Å²) in [5.41, 5.74) is 1.46. The standard InChI is InChI=1S/C18H21F2N3O3S/c1-12(14-4-7-16(19)17(20)10-14)23-11-18(24)22-9-8-13-2-5-15(6-3-13)27(21,25)26/h2-7,10,12,23H,8-9,11H2,1H3,(H,22,24)(H2,21,25,26)/p+1/t12-/m0/s1. The predicted octanol–water partition coefficient (Wildman–Crippen LogP) is 0.596. The monoisotopic (exact) mass is 398 g/mol. The van der Waals surface area contributed by atoms with Crippen molar-refractivity contribution in [3.05, 3.63) is 65.2 Å². The minimum atomic E-state index is -3.72. The number of nitrogens with two attached hydrogens (primary N) is 2. The van der Waals surface area contributed by atoms with Crippen LogP contribution in [0.3, 0.4) is 0 Å². The number of carbonyl (C=O) groups is 1. The van der Waals surface area contributed by atoms with Crippen molar-refractivity contribution >= 4 is 15.9 Å². The smallest absolute Gasteiger partial charge is 0.275 e. The van der Waals surface area contributed by atoms with Crippen LogP contribution in [0.15, 0.2) is 47.4 Å². The molecule has 0 aliphatic heterocycles. The molecule has 0 saturated carbocycles. The molecule has 0 heterocycles. The molecule has 2 aromatic rings. The Morgan fingerprint density at radius 1 is 1.15 bits per heavy atom. The molecule has 27 heavy (non-hydrogen) atoms. The van der Waals surface area contributed by atoms with Crippen LogP contribution >= 0.6 is 0 Å². The fourth-order valence-electron chi connectivity index (χ4n) is 2.48. The van der Waals surface area contributed by atoms with Gasteiger partial charge in [0.25, 0.3) is 5.91 Å². The summed E-state index contributed by atoms with van der Waals surface area (Å²) in [5, 5.41) is 9.52. The Kier molecular flexibility index (Phi) is 7.00. The molecular weight excluding hydrogens is 376 g/mol. The van der Waals surface area contributed by atoms with E-state index in [-0.39, 0.29) is 23.4 Å². The number of hydrogen-bond donors (Lipinski definition) is 3. The van der Waals surface area contributed by atoms with Gasteiger partial charge in [0.1, 0.15) is 6.04 Å². The molecule has 0 aromatic heterocycles. The van der Waals surface area contributed by atoms with Gasteiger partial charge >= 0.3 is 0 Å². The average Bonchev–Trinajstić information content (AvgIpc) is 2.61. The van der Waals surface area contributed by atoms with Gasteiger partial charge in [-0.3, -0.25) is 4.79 Å². The van der Waals surface area contributed by atoms with Crippen LogP contribution in [0.2, 0.25) is 0 Å². The van der Waals surface area contributed by atoms with E-state index in [1.54, 1.807) is 24.4 Å². The third-order valence-electron chi connectivity index (χ3n) is 4.11. The summed E-state index contributed by atoms with van der Waals surface area (Å²) in [6, 6.07) is 9.61. The number of primary sulfonamides is 1. The quantitative estimate of drug-likeness (QED) is 0.606. The lowest BCUT2D eigenvalue weighted by molar-refractivity contribution is -0.682. The topological polar surface area (TPSA) is 106 Å². The van der Waals surface area contributed by atoms with E-state index >= 15 is 0 Å². The Hall–Kier alpha value is -2.36. The van der Waals surface area contributed by atoms with Gasteiger partial charge in [-0.1, -0.05) is 12.1 Å². The van der Waals surface area contributed by atoms with Gasteiger partial charge in [-0.15, -0.1) is 0 Å². The second kappa shape index (κ2) is 9.03. The summed E-state index contributed by atoms with van der Waals surface area (Å²) in [7, 11) is -3.72. The van der Waals surface area contributed by atoms with Gasteiger partial charge in [-0.2, -0.15) is 0 Å². The highest BCUT2D eigenvalue weighted by Crippen LogP contribution is 2.13. The van der Waals surface area contributed by atoms with Gasteiger partial charge in [0.15, 0.2) is 18.2 Å². The van der Waals surface area contributed by atoms with Crippen LogP contribution in [0.4, 0.5) is 8.78 Å². The Bertz CT molecular complexity index is 903. The minimum absolute atomic E-state index is 0.0381. The van der Waals surface area contributed by atoms with Crippen molar-refractivity contribution in [3.63, 3.8) is 0 Å². The number of hydrogen-bond acceptors (Lipinski definition) is 3. The zero-order chi connectivity index (χ0) is 20.0. The average molecular weight is 398 g/mol. The third-order valence-corrected chi connectivity index (χ3v) is 5.04. The van der Waals surface area contributed by atoms with E-state index in [9.17, 15) is 22.0 Å². The van der Waals surface area contributed by atoms with Gasteiger partial charge in [-0.25, -0.2) is 22.3 Å². The number of nitrogens with one attached hydrogen (secondary N) is 1. The van der Waals surface area contributed by atoms with Gasteiger partial charge in [0, 0.05) is 12.1 Å². The van der Waals surface area contributed by atoms with Crippen LogP contribution in [0.1, 0.15) is 24.1 Å². The summed E-state index contributed by atoms with van der Waals surface area (Å²) in [6.07, 6.45) is 0.537. The molecule has 0 aliphatic carbocycles. The van der Waals surface area contributed by atoms with Gasteiger partial charge in [-0.05, 0) is 49.2 Å². The fourth-order valence-corrected chi connectivity index (χ4v) is 3.00. The first kappa shape index (κ1) is 20.9. The molecule has 0 spiro atoms. The first-order valence-corrected chi connectivity index (χ1v) is 9.88. The normalized spacial score (nSPS) is 12.6. The van der Waals surface area contributed by atoms with Crippen molar-refractivity contribution in [2.75, 3.05) is 13.1 Å². The fraction of sp³-hybridized carbons (Fsp3) is 0.278. The molecule has 9 heteroatoms. The Balaban J connectivity index is 1.75. The van der Waals surface area contributed by atoms with E-state index in [1.165, 1.54) is 18.2 Å². The first-order valence-electron chi connectivity index (χ1n) is 8.33. The van der Waals surface area contributed by atoms with E-state index < -0.39 is 21.7 Å². The lowest BCUT2D eigenvalue weighted by Crippen LogP contribution is -2.87. The number of rotatable bonds is 8. The zero-order valence-corrected chi connectivity index (χ0v) is 15.6. The minimum Gasteiger partial charge on any atom is -0.351 e. The van der Waals surface area contributed by atoms with Crippen molar-refractivity contribution in [2.45, 2.75) is 24.3 Å². The number of benzene rings is 2. The molecule has 0 aliphatic rings. The number of carbonyl (C=O) groups excluding carboxylic acids is 1. The van der Waals surface area contributed by atoms with Crippen LogP contribution in [0.25, 0.3) is 0 Å². The Labute approximate surface area is 156 Å². The van der Waals surface area contributed by atoms with Crippen molar-refractivity contribution in [1.82, 2.24) is 5.32 Å². The summed E-state index contributed by atoms with van der Waals surface area (Å²) in [4.78, 5) is 11.9. The highest BCUT2D eigenvalue weighted by Gasteiger charge is 2.13. The molecule has 6 nitrogen and oxygen atoms in total. The number of sulfonamides is 1. The zero-order valence-electron chi connectivity index (χ0n) is 14.8.